The molecule has 1 aromatic rings. The Morgan fingerprint density at radius 2 is 2.35 bits per heavy atom. The van der Waals surface area contributed by atoms with E-state index < -0.39 is 0 Å². The fraction of sp³-hybridized carbons (Fsp3) is 0.500. The van der Waals surface area contributed by atoms with Crippen molar-refractivity contribution in [2.24, 2.45) is 0 Å². The van der Waals surface area contributed by atoms with E-state index in [0.29, 0.717) is 18.0 Å². The van der Waals surface area contributed by atoms with Gasteiger partial charge in [-0.2, -0.15) is 0 Å². The lowest BCUT2D eigenvalue weighted by Gasteiger charge is -2.31. The molecule has 0 bridgehead atoms. The largest absolute Gasteiger partial charge is 0.331 e. The maximum Gasteiger partial charge on any atom is 0.298 e. The average Bonchev–Trinajstić information content (AvgIpc) is 2.47. The third-order valence-corrected chi connectivity index (χ3v) is 3.94. The second-order valence-corrected chi connectivity index (χ2v) is 5.46. The minimum atomic E-state index is -0.0674. The van der Waals surface area contributed by atoms with Crippen molar-refractivity contribution in [3.05, 3.63) is 28.5 Å². The third kappa shape index (κ3) is 3.52. The number of rotatable bonds is 1. The maximum absolute atomic E-state index is 12.0. The average molecular weight is 291 g/mol. The van der Waals surface area contributed by atoms with Gasteiger partial charge in [0.1, 0.15) is 0 Å². The van der Waals surface area contributed by atoms with Gasteiger partial charge in [-0.05, 0) is 37.8 Å². The maximum atomic E-state index is 12.0. The number of piperidine rings is 1. The van der Waals surface area contributed by atoms with Crippen LogP contribution in [-0.2, 0) is 4.79 Å². The lowest BCUT2D eigenvalue weighted by molar-refractivity contribution is -0.126. The van der Waals surface area contributed by atoms with E-state index in [9.17, 15) is 4.79 Å². The van der Waals surface area contributed by atoms with Gasteiger partial charge in [-0.25, -0.2) is 0 Å². The number of carbonyl (C=O) groups excluding carboxylic acids is 1. The summed E-state index contributed by atoms with van der Waals surface area (Å²) in [5.41, 5.74) is 1.87. The summed E-state index contributed by atoms with van der Waals surface area (Å²) in [5.74, 6) is 5.75. The highest BCUT2D eigenvalue weighted by molar-refractivity contribution is 6.31. The minimum Gasteiger partial charge on any atom is -0.331 e. The monoisotopic (exact) mass is 290 g/mol. The molecule has 1 aromatic heterocycles. The van der Waals surface area contributed by atoms with E-state index in [1.54, 1.807) is 0 Å². The van der Waals surface area contributed by atoms with E-state index in [1.807, 2.05) is 30.9 Å². The highest BCUT2D eigenvalue weighted by Gasteiger charge is 2.25. The smallest absolute Gasteiger partial charge is 0.298 e. The molecule has 106 valence electrons. The first-order valence-corrected chi connectivity index (χ1v) is 7.40. The SMILES string of the molecule is CCC#CC(=O)N1CCCC(c2ccc(Cl)c(C)n2)C1. The molecule has 1 saturated heterocycles. The summed E-state index contributed by atoms with van der Waals surface area (Å²) in [6, 6.07) is 3.85. The molecule has 4 heteroatoms. The lowest BCUT2D eigenvalue weighted by Crippen LogP contribution is -2.38. The molecule has 20 heavy (non-hydrogen) atoms. The Hall–Kier alpha value is -1.53. The summed E-state index contributed by atoms with van der Waals surface area (Å²) in [4.78, 5) is 18.3. The first kappa shape index (κ1) is 14.9. The highest BCUT2D eigenvalue weighted by Crippen LogP contribution is 2.27. The number of carbonyl (C=O) groups is 1. The van der Waals surface area contributed by atoms with Gasteiger partial charge < -0.3 is 4.90 Å². The van der Waals surface area contributed by atoms with Crippen LogP contribution in [0.3, 0.4) is 0 Å². The number of halogens is 1. The molecule has 0 spiro atoms. The van der Waals surface area contributed by atoms with Gasteiger partial charge in [0.15, 0.2) is 0 Å². The summed E-state index contributed by atoms with van der Waals surface area (Å²) in [5, 5.41) is 0.686. The lowest BCUT2D eigenvalue weighted by atomic mass is 9.94. The molecule has 1 aliphatic heterocycles. The zero-order valence-electron chi connectivity index (χ0n) is 11.9. The number of hydrogen-bond acceptors (Lipinski definition) is 2. The van der Waals surface area contributed by atoms with Crippen LogP contribution in [0, 0.1) is 18.8 Å². The van der Waals surface area contributed by atoms with Crippen LogP contribution >= 0.6 is 11.6 Å². The van der Waals surface area contributed by atoms with E-state index in [0.717, 1.165) is 30.8 Å². The van der Waals surface area contributed by atoms with Crippen LogP contribution in [0.25, 0.3) is 0 Å². The van der Waals surface area contributed by atoms with Gasteiger partial charge in [-0.1, -0.05) is 24.4 Å². The van der Waals surface area contributed by atoms with E-state index in [1.165, 1.54) is 0 Å². The number of nitrogens with zero attached hydrogens (tertiary/aromatic N) is 2. The molecule has 0 saturated carbocycles. The van der Waals surface area contributed by atoms with Gasteiger partial charge in [0.2, 0.25) is 0 Å². The zero-order chi connectivity index (χ0) is 14.5. The van der Waals surface area contributed by atoms with Crippen molar-refractivity contribution in [2.75, 3.05) is 13.1 Å². The number of aryl methyl sites for hydroxylation is 1. The Balaban J connectivity index is 2.10. The van der Waals surface area contributed by atoms with Crippen LogP contribution < -0.4 is 0 Å². The molecule has 1 amide bonds. The summed E-state index contributed by atoms with van der Waals surface area (Å²) in [6.07, 6.45) is 2.76. The standard InChI is InChI=1S/C16H19ClN2O/c1-3-4-7-16(20)19-10-5-6-13(11-19)15-9-8-14(17)12(2)18-15/h8-9,13H,3,5-6,10-11H2,1-2H3. The molecule has 1 fully saturated rings. The van der Waals surface area contributed by atoms with Crippen LogP contribution in [0.5, 0.6) is 0 Å². The van der Waals surface area contributed by atoms with Crippen molar-refractivity contribution in [1.82, 2.24) is 9.88 Å². The normalized spacial score (nSPS) is 18.4. The molecular formula is C16H19ClN2O. The van der Waals surface area contributed by atoms with Gasteiger partial charge in [-0.3, -0.25) is 9.78 Å². The first-order valence-electron chi connectivity index (χ1n) is 7.02. The number of aromatic nitrogens is 1. The number of likely N-dealkylation sites (tertiary alicyclic amines) is 1. The summed E-state index contributed by atoms with van der Waals surface area (Å²) >= 11 is 6.01. The van der Waals surface area contributed by atoms with E-state index in [2.05, 4.69) is 16.8 Å². The van der Waals surface area contributed by atoms with Crippen LogP contribution in [0.1, 0.15) is 43.5 Å². The molecule has 2 rings (SSSR count). The van der Waals surface area contributed by atoms with Gasteiger partial charge >= 0.3 is 0 Å². The zero-order valence-corrected chi connectivity index (χ0v) is 12.7. The Morgan fingerprint density at radius 1 is 1.55 bits per heavy atom. The Kier molecular flexibility index (Phi) is 5.03. The van der Waals surface area contributed by atoms with Crippen LogP contribution in [0.4, 0.5) is 0 Å². The minimum absolute atomic E-state index is 0.0674. The first-order chi connectivity index (χ1) is 9.61. The second kappa shape index (κ2) is 6.76. The summed E-state index contributed by atoms with van der Waals surface area (Å²) in [6.45, 7) is 5.34. The molecule has 1 atom stereocenters. The molecule has 0 aromatic carbocycles. The molecule has 2 heterocycles. The van der Waals surface area contributed by atoms with E-state index >= 15 is 0 Å². The third-order valence-electron chi connectivity index (χ3n) is 3.54. The fourth-order valence-electron chi connectivity index (χ4n) is 2.44. The molecule has 1 aliphatic rings. The Labute approximate surface area is 125 Å². The van der Waals surface area contributed by atoms with Crippen LogP contribution in [0.15, 0.2) is 12.1 Å². The summed E-state index contributed by atoms with van der Waals surface area (Å²) in [7, 11) is 0. The van der Waals surface area contributed by atoms with Crippen molar-refractivity contribution in [3.63, 3.8) is 0 Å². The van der Waals surface area contributed by atoms with Crippen molar-refractivity contribution in [1.29, 1.82) is 0 Å². The van der Waals surface area contributed by atoms with E-state index in [4.69, 9.17) is 11.6 Å². The predicted octanol–water partition coefficient (Wildman–Crippen LogP) is 3.16. The molecular weight excluding hydrogens is 272 g/mol. The van der Waals surface area contributed by atoms with Gasteiger partial charge in [0.25, 0.3) is 5.91 Å². The summed E-state index contributed by atoms with van der Waals surface area (Å²) < 4.78 is 0. The molecule has 0 radical (unpaired) electrons. The van der Waals surface area contributed by atoms with Crippen LogP contribution in [0.2, 0.25) is 5.02 Å². The molecule has 3 nitrogen and oxygen atoms in total. The van der Waals surface area contributed by atoms with Gasteiger partial charge in [0, 0.05) is 31.1 Å². The second-order valence-electron chi connectivity index (χ2n) is 5.05. The molecule has 0 aliphatic carbocycles. The number of amides is 1. The predicted molar refractivity (Wildman–Crippen MR) is 80.6 cm³/mol. The molecule has 0 N–H and O–H groups in total. The van der Waals surface area contributed by atoms with E-state index in [-0.39, 0.29) is 11.8 Å². The van der Waals surface area contributed by atoms with Gasteiger partial charge in [-0.15, -0.1) is 0 Å². The topological polar surface area (TPSA) is 33.2 Å². The van der Waals surface area contributed by atoms with Crippen LogP contribution in [-0.4, -0.2) is 28.9 Å². The van der Waals surface area contributed by atoms with Crippen molar-refractivity contribution >= 4 is 17.5 Å². The quantitative estimate of drug-likeness (QED) is 0.744. The number of pyridine rings is 1. The molecule has 1 unspecified atom stereocenters. The van der Waals surface area contributed by atoms with Crippen molar-refractivity contribution in [3.8, 4) is 11.8 Å². The van der Waals surface area contributed by atoms with Crippen molar-refractivity contribution in [2.45, 2.75) is 39.0 Å². The fourth-order valence-corrected chi connectivity index (χ4v) is 2.54. The van der Waals surface area contributed by atoms with Crippen molar-refractivity contribution < 1.29 is 4.79 Å². The number of hydrogen-bond donors (Lipinski definition) is 0. The highest BCUT2D eigenvalue weighted by atomic mass is 35.5. The van der Waals surface area contributed by atoms with Gasteiger partial charge in [0.05, 0.1) is 10.7 Å². The Morgan fingerprint density at radius 3 is 3.05 bits per heavy atom. The Bertz CT molecular complexity index is 559.